The van der Waals surface area contributed by atoms with E-state index < -0.39 is 11.1 Å². The van der Waals surface area contributed by atoms with Crippen molar-refractivity contribution >= 4 is 51.8 Å². The lowest BCUT2D eigenvalue weighted by molar-refractivity contribution is -0.115. The molecular weight excluding hydrogens is 305 g/mol. The molecule has 0 saturated carbocycles. The van der Waals surface area contributed by atoms with Gasteiger partial charge >= 0.3 is 0 Å². The van der Waals surface area contributed by atoms with Crippen LogP contribution in [0.15, 0.2) is 16.6 Å². The third-order valence-electron chi connectivity index (χ3n) is 1.63. The van der Waals surface area contributed by atoms with Gasteiger partial charge in [0.15, 0.2) is 0 Å². The van der Waals surface area contributed by atoms with Crippen LogP contribution < -0.4 is 5.32 Å². The van der Waals surface area contributed by atoms with Gasteiger partial charge in [-0.3, -0.25) is 4.79 Å². The van der Waals surface area contributed by atoms with Crippen molar-refractivity contribution in [3.05, 3.63) is 27.4 Å². The number of anilines is 1. The molecule has 1 rings (SSSR count). The third kappa shape index (κ3) is 3.36. The number of benzene rings is 1. The third-order valence-corrected chi connectivity index (χ3v) is 2.79. The first-order chi connectivity index (χ1) is 6.91. The van der Waals surface area contributed by atoms with Crippen LogP contribution in [0.25, 0.3) is 0 Å². The van der Waals surface area contributed by atoms with Crippen molar-refractivity contribution in [1.82, 2.24) is 0 Å². The van der Waals surface area contributed by atoms with E-state index in [1.54, 1.807) is 6.92 Å². The maximum Gasteiger partial charge on any atom is 0.237 e. The molecule has 0 aliphatic rings. The Morgan fingerprint density at radius 1 is 1.67 bits per heavy atom. The molecule has 0 radical (unpaired) electrons. The van der Waals surface area contributed by atoms with E-state index in [1.165, 1.54) is 6.07 Å². The standard InChI is InChI=1S/C9H8BrClFNOS/c1-4(15)9(14)13-8-6(10)2-5(12)3-7(8)11/h2-4,15H,1H3,(H,13,14). The van der Waals surface area contributed by atoms with Crippen molar-refractivity contribution < 1.29 is 9.18 Å². The second kappa shape index (κ2) is 5.18. The Hall–Kier alpha value is -0.260. The predicted octanol–water partition coefficient (Wildman–Crippen LogP) is 3.50. The molecule has 0 fully saturated rings. The van der Waals surface area contributed by atoms with E-state index in [-0.39, 0.29) is 10.9 Å². The first-order valence-corrected chi connectivity index (χ1v) is 5.74. The van der Waals surface area contributed by atoms with Crippen LogP contribution in [0.5, 0.6) is 0 Å². The van der Waals surface area contributed by atoms with Crippen molar-refractivity contribution in [3.63, 3.8) is 0 Å². The van der Waals surface area contributed by atoms with Crippen molar-refractivity contribution in [1.29, 1.82) is 0 Å². The summed E-state index contributed by atoms with van der Waals surface area (Å²) in [6.07, 6.45) is 0. The minimum absolute atomic E-state index is 0.143. The van der Waals surface area contributed by atoms with Crippen molar-refractivity contribution in [2.45, 2.75) is 12.2 Å². The summed E-state index contributed by atoms with van der Waals surface area (Å²) in [5, 5.41) is 2.23. The zero-order valence-corrected chi connectivity index (χ0v) is 11.0. The molecule has 0 aliphatic carbocycles. The van der Waals surface area contributed by atoms with Gasteiger partial charge in [0, 0.05) is 4.47 Å². The van der Waals surface area contributed by atoms with E-state index in [1.807, 2.05) is 0 Å². The lowest BCUT2D eigenvalue weighted by atomic mass is 10.3. The summed E-state index contributed by atoms with van der Waals surface area (Å²) in [6.45, 7) is 1.63. The molecular formula is C9H8BrClFNOS. The van der Waals surface area contributed by atoms with Crippen LogP contribution >= 0.6 is 40.2 Å². The highest BCUT2D eigenvalue weighted by Crippen LogP contribution is 2.31. The van der Waals surface area contributed by atoms with Crippen molar-refractivity contribution in [3.8, 4) is 0 Å². The van der Waals surface area contributed by atoms with E-state index in [9.17, 15) is 9.18 Å². The normalized spacial score (nSPS) is 12.3. The van der Waals surface area contributed by atoms with Gasteiger partial charge in [0.2, 0.25) is 5.91 Å². The Bertz CT molecular complexity index is 377. The summed E-state index contributed by atoms with van der Waals surface area (Å²) < 4.78 is 13.3. The molecule has 82 valence electrons. The van der Waals surface area contributed by atoms with E-state index in [2.05, 4.69) is 33.9 Å². The number of carbonyl (C=O) groups is 1. The zero-order chi connectivity index (χ0) is 11.6. The van der Waals surface area contributed by atoms with E-state index >= 15 is 0 Å². The Morgan fingerprint density at radius 2 is 2.27 bits per heavy atom. The van der Waals surface area contributed by atoms with Gasteiger partial charge in [-0.1, -0.05) is 11.6 Å². The Labute approximate surface area is 106 Å². The van der Waals surface area contributed by atoms with E-state index in [0.29, 0.717) is 10.2 Å². The number of amides is 1. The van der Waals surface area contributed by atoms with Crippen LogP contribution in [0, 0.1) is 5.82 Å². The quantitative estimate of drug-likeness (QED) is 0.804. The molecule has 0 bridgehead atoms. The number of carbonyl (C=O) groups excluding carboxylic acids is 1. The number of rotatable bonds is 2. The molecule has 0 aromatic heterocycles. The highest BCUT2D eigenvalue weighted by molar-refractivity contribution is 9.10. The molecule has 15 heavy (non-hydrogen) atoms. The Balaban J connectivity index is 3.00. The van der Waals surface area contributed by atoms with Gasteiger partial charge in [0.1, 0.15) is 5.82 Å². The smallest absolute Gasteiger partial charge is 0.237 e. The second-order valence-corrected chi connectivity index (χ2v) is 4.95. The van der Waals surface area contributed by atoms with Gasteiger partial charge in [-0.2, -0.15) is 12.6 Å². The average Bonchev–Trinajstić information content (AvgIpc) is 2.10. The lowest BCUT2D eigenvalue weighted by Crippen LogP contribution is -2.20. The molecule has 1 unspecified atom stereocenters. The molecule has 1 atom stereocenters. The molecule has 1 aromatic carbocycles. The second-order valence-electron chi connectivity index (χ2n) is 2.91. The summed E-state index contributed by atoms with van der Waals surface area (Å²) in [5.41, 5.74) is 0.351. The lowest BCUT2D eigenvalue weighted by Gasteiger charge is -2.10. The number of hydrogen-bond acceptors (Lipinski definition) is 2. The molecule has 2 nitrogen and oxygen atoms in total. The van der Waals surface area contributed by atoms with Crippen LogP contribution in [0.3, 0.4) is 0 Å². The van der Waals surface area contributed by atoms with Gasteiger partial charge in [-0.25, -0.2) is 4.39 Å². The molecule has 0 aliphatic heterocycles. The van der Waals surface area contributed by atoms with E-state index in [4.69, 9.17) is 11.6 Å². The average molecular weight is 313 g/mol. The molecule has 0 saturated heterocycles. The first kappa shape index (κ1) is 12.8. The molecule has 1 N–H and O–H groups in total. The maximum absolute atomic E-state index is 12.9. The van der Waals surface area contributed by atoms with Crippen molar-refractivity contribution in [2.75, 3.05) is 5.32 Å². The topological polar surface area (TPSA) is 29.1 Å². The highest BCUT2D eigenvalue weighted by Gasteiger charge is 2.13. The van der Waals surface area contributed by atoms with Crippen LogP contribution in [0.4, 0.5) is 10.1 Å². The van der Waals surface area contributed by atoms with Crippen LogP contribution in [0.1, 0.15) is 6.92 Å². The van der Waals surface area contributed by atoms with Crippen molar-refractivity contribution in [2.24, 2.45) is 0 Å². The molecule has 0 heterocycles. The number of nitrogens with one attached hydrogen (secondary N) is 1. The van der Waals surface area contributed by atoms with Crippen LogP contribution in [-0.4, -0.2) is 11.2 Å². The SMILES string of the molecule is CC(S)C(=O)Nc1c(Cl)cc(F)cc1Br. The Kier molecular flexibility index (Phi) is 4.43. The summed E-state index contributed by atoms with van der Waals surface area (Å²) in [4.78, 5) is 11.3. The summed E-state index contributed by atoms with van der Waals surface area (Å²) in [7, 11) is 0. The van der Waals surface area contributed by atoms with Crippen LogP contribution in [-0.2, 0) is 4.79 Å². The maximum atomic E-state index is 12.9. The monoisotopic (exact) mass is 311 g/mol. The van der Waals surface area contributed by atoms with Gasteiger partial charge in [-0.05, 0) is 35.0 Å². The molecule has 1 aromatic rings. The molecule has 6 heteroatoms. The molecule has 1 amide bonds. The fraction of sp³-hybridized carbons (Fsp3) is 0.222. The highest BCUT2D eigenvalue weighted by atomic mass is 79.9. The molecule has 0 spiro atoms. The number of hydrogen-bond donors (Lipinski definition) is 2. The number of halogens is 3. The zero-order valence-electron chi connectivity index (χ0n) is 7.72. The van der Waals surface area contributed by atoms with E-state index in [0.717, 1.165) is 6.07 Å². The Morgan fingerprint density at radius 3 is 2.73 bits per heavy atom. The van der Waals surface area contributed by atoms with Crippen LogP contribution in [0.2, 0.25) is 5.02 Å². The summed E-state index contributed by atoms with van der Waals surface area (Å²) in [6, 6.07) is 2.36. The minimum Gasteiger partial charge on any atom is -0.323 e. The summed E-state index contributed by atoms with van der Waals surface area (Å²) in [5.74, 6) is -0.767. The fourth-order valence-corrected chi connectivity index (χ4v) is 1.85. The predicted molar refractivity (Wildman–Crippen MR) is 66.2 cm³/mol. The van der Waals surface area contributed by atoms with Gasteiger partial charge in [0.25, 0.3) is 0 Å². The largest absolute Gasteiger partial charge is 0.323 e. The van der Waals surface area contributed by atoms with Gasteiger partial charge < -0.3 is 5.32 Å². The number of thiol groups is 1. The first-order valence-electron chi connectivity index (χ1n) is 4.05. The van der Waals surface area contributed by atoms with Gasteiger partial charge in [0.05, 0.1) is 16.0 Å². The summed E-state index contributed by atoms with van der Waals surface area (Å²) >= 11 is 12.9. The minimum atomic E-state index is -0.469. The van der Waals surface area contributed by atoms with Gasteiger partial charge in [-0.15, -0.1) is 0 Å². The fourth-order valence-electron chi connectivity index (χ4n) is 0.889.